The van der Waals surface area contributed by atoms with Crippen molar-refractivity contribution < 1.29 is 13.9 Å². The van der Waals surface area contributed by atoms with Crippen molar-refractivity contribution in [2.75, 3.05) is 32.8 Å². The molecule has 5 rings (SSSR count). The molecule has 1 amide bonds. The van der Waals surface area contributed by atoms with Crippen LogP contribution < -0.4 is 10.4 Å². The Kier molecular flexibility index (Phi) is 5.66. The summed E-state index contributed by atoms with van der Waals surface area (Å²) in [6.45, 7) is 5.76. The number of hydrogen-bond donors (Lipinski definition) is 0. The summed E-state index contributed by atoms with van der Waals surface area (Å²) in [5, 5.41) is 0.985. The number of aryl methyl sites for hydroxylation is 2. The van der Waals surface area contributed by atoms with Crippen LogP contribution in [0.1, 0.15) is 28.7 Å². The van der Waals surface area contributed by atoms with Crippen LogP contribution in [0.25, 0.3) is 11.0 Å². The quantitative estimate of drug-likeness (QED) is 0.576. The maximum Gasteiger partial charge on any atom is 0.339 e. The molecule has 166 valence electrons. The highest BCUT2D eigenvalue weighted by molar-refractivity contribution is 5.86. The summed E-state index contributed by atoms with van der Waals surface area (Å²) in [4.78, 5) is 33.3. The number of pyridine rings is 1. The first-order valence-electron chi connectivity index (χ1n) is 11.2. The van der Waals surface area contributed by atoms with Crippen LogP contribution in [0.2, 0.25) is 0 Å². The van der Waals surface area contributed by atoms with Gasteiger partial charge in [0.25, 0.3) is 5.91 Å². The van der Waals surface area contributed by atoms with Crippen molar-refractivity contribution in [2.24, 2.45) is 0 Å². The van der Waals surface area contributed by atoms with E-state index in [4.69, 9.17) is 9.15 Å². The largest absolute Gasteiger partial charge is 0.483 e. The minimum atomic E-state index is -0.244. The molecule has 1 aromatic carbocycles. The molecule has 2 aromatic heterocycles. The zero-order valence-corrected chi connectivity index (χ0v) is 18.3. The van der Waals surface area contributed by atoms with E-state index >= 15 is 0 Å². The van der Waals surface area contributed by atoms with E-state index in [0.717, 1.165) is 61.0 Å². The lowest BCUT2D eigenvalue weighted by molar-refractivity contribution is -0.135. The number of piperazine rings is 1. The number of hydrogen-bond acceptors (Lipinski definition) is 6. The molecule has 0 bridgehead atoms. The number of rotatable bonds is 5. The first-order valence-corrected chi connectivity index (χ1v) is 11.2. The number of carbonyl (C=O) groups is 1. The second kappa shape index (κ2) is 8.74. The summed E-state index contributed by atoms with van der Waals surface area (Å²) in [5.41, 5.74) is 4.24. The SMILES string of the molecule is Cc1c(OCC(=O)N2CCN(Cc3ccncc3)CC2)ccc2c3c(c(=O)oc12)CCC3. The van der Waals surface area contributed by atoms with Crippen LogP contribution in [0.15, 0.2) is 45.9 Å². The van der Waals surface area contributed by atoms with Gasteiger partial charge in [-0.2, -0.15) is 0 Å². The van der Waals surface area contributed by atoms with E-state index in [1.165, 1.54) is 5.56 Å². The third-order valence-electron chi connectivity index (χ3n) is 6.57. The second-order valence-corrected chi connectivity index (χ2v) is 8.57. The number of benzene rings is 1. The third kappa shape index (κ3) is 4.00. The lowest BCUT2D eigenvalue weighted by Gasteiger charge is -2.34. The molecule has 2 aliphatic rings. The molecule has 0 N–H and O–H groups in total. The molecule has 0 saturated carbocycles. The van der Waals surface area contributed by atoms with Crippen LogP contribution in [0, 0.1) is 6.92 Å². The molecule has 1 aliphatic heterocycles. The lowest BCUT2D eigenvalue weighted by atomic mass is 10.0. The molecule has 0 atom stereocenters. The molecule has 1 fully saturated rings. The van der Waals surface area contributed by atoms with Gasteiger partial charge in [0.2, 0.25) is 0 Å². The molecule has 7 nitrogen and oxygen atoms in total. The standard InChI is InChI=1S/C25H27N3O4/c1-17-22(6-5-20-19-3-2-4-21(19)25(30)32-24(17)20)31-16-23(29)28-13-11-27(12-14-28)15-18-7-9-26-10-8-18/h5-10H,2-4,11-16H2,1H3. The summed E-state index contributed by atoms with van der Waals surface area (Å²) in [7, 11) is 0. The first kappa shape index (κ1) is 20.7. The normalized spacial score (nSPS) is 16.3. The highest BCUT2D eigenvalue weighted by Crippen LogP contribution is 2.33. The maximum absolute atomic E-state index is 12.7. The highest BCUT2D eigenvalue weighted by atomic mass is 16.5. The maximum atomic E-state index is 12.7. The van der Waals surface area contributed by atoms with E-state index < -0.39 is 0 Å². The average Bonchev–Trinajstić information content (AvgIpc) is 3.31. The van der Waals surface area contributed by atoms with E-state index in [2.05, 4.69) is 9.88 Å². The van der Waals surface area contributed by atoms with Crippen molar-refractivity contribution >= 4 is 16.9 Å². The Morgan fingerprint density at radius 2 is 1.81 bits per heavy atom. The second-order valence-electron chi connectivity index (χ2n) is 8.57. The Hall–Kier alpha value is -3.19. The smallest absolute Gasteiger partial charge is 0.339 e. The van der Waals surface area contributed by atoms with Crippen molar-refractivity contribution in [1.29, 1.82) is 0 Å². The topological polar surface area (TPSA) is 75.9 Å². The van der Waals surface area contributed by atoms with Gasteiger partial charge in [0.05, 0.1) is 0 Å². The highest BCUT2D eigenvalue weighted by Gasteiger charge is 2.23. The van der Waals surface area contributed by atoms with Crippen LogP contribution in [-0.4, -0.2) is 53.5 Å². The van der Waals surface area contributed by atoms with E-state index in [1.54, 1.807) is 12.4 Å². The summed E-state index contributed by atoms with van der Waals surface area (Å²) < 4.78 is 11.5. The minimum Gasteiger partial charge on any atom is -0.483 e. The van der Waals surface area contributed by atoms with Gasteiger partial charge < -0.3 is 14.1 Å². The molecule has 32 heavy (non-hydrogen) atoms. The molecule has 3 aromatic rings. The minimum absolute atomic E-state index is 0.0220. The Labute approximate surface area is 186 Å². The number of fused-ring (bicyclic) bond motifs is 3. The molecule has 7 heteroatoms. The predicted octanol–water partition coefficient (Wildman–Crippen LogP) is 2.71. The Bertz CT molecular complexity index is 1200. The molecule has 3 heterocycles. The van der Waals surface area contributed by atoms with E-state index in [9.17, 15) is 9.59 Å². The molecule has 1 aliphatic carbocycles. The van der Waals surface area contributed by atoms with Crippen molar-refractivity contribution in [1.82, 2.24) is 14.8 Å². The number of aromatic nitrogens is 1. The summed E-state index contributed by atoms with van der Waals surface area (Å²) >= 11 is 0. The lowest BCUT2D eigenvalue weighted by Crippen LogP contribution is -2.49. The molecule has 0 unspecified atom stereocenters. The van der Waals surface area contributed by atoms with Gasteiger partial charge in [-0.05, 0) is 61.6 Å². The molecular formula is C25H27N3O4. The van der Waals surface area contributed by atoms with Crippen LogP contribution in [0.4, 0.5) is 0 Å². The van der Waals surface area contributed by atoms with E-state index in [1.807, 2.05) is 36.1 Å². The van der Waals surface area contributed by atoms with Gasteiger partial charge >= 0.3 is 5.63 Å². The van der Waals surface area contributed by atoms with Gasteiger partial charge in [-0.1, -0.05) is 0 Å². The van der Waals surface area contributed by atoms with Crippen molar-refractivity contribution in [3.05, 3.63) is 69.3 Å². The fraction of sp³-hybridized carbons (Fsp3) is 0.400. The third-order valence-corrected chi connectivity index (χ3v) is 6.57. The van der Waals surface area contributed by atoms with E-state index in [-0.39, 0.29) is 18.1 Å². The Morgan fingerprint density at radius 3 is 2.59 bits per heavy atom. The van der Waals surface area contributed by atoms with Crippen LogP contribution >= 0.6 is 0 Å². The zero-order chi connectivity index (χ0) is 22.1. The number of nitrogens with zero attached hydrogens (tertiary/aromatic N) is 3. The predicted molar refractivity (Wildman–Crippen MR) is 121 cm³/mol. The molecule has 0 spiro atoms. The van der Waals surface area contributed by atoms with Crippen LogP contribution in [0.3, 0.4) is 0 Å². The number of carbonyl (C=O) groups excluding carboxylic acids is 1. The van der Waals surface area contributed by atoms with Gasteiger partial charge in [-0.3, -0.25) is 14.7 Å². The fourth-order valence-corrected chi connectivity index (χ4v) is 4.75. The van der Waals surface area contributed by atoms with Gasteiger partial charge in [-0.25, -0.2) is 4.79 Å². The van der Waals surface area contributed by atoms with Gasteiger partial charge in [0, 0.05) is 61.6 Å². The summed E-state index contributed by atoms with van der Waals surface area (Å²) in [6, 6.07) is 7.88. The van der Waals surface area contributed by atoms with Crippen molar-refractivity contribution in [3.63, 3.8) is 0 Å². The Morgan fingerprint density at radius 1 is 1.06 bits per heavy atom. The van der Waals surface area contributed by atoms with Gasteiger partial charge in [-0.15, -0.1) is 0 Å². The van der Waals surface area contributed by atoms with Gasteiger partial charge in [0.1, 0.15) is 11.3 Å². The first-order chi connectivity index (χ1) is 15.6. The van der Waals surface area contributed by atoms with E-state index in [0.29, 0.717) is 24.4 Å². The van der Waals surface area contributed by atoms with Crippen molar-refractivity contribution in [2.45, 2.75) is 32.7 Å². The Balaban J connectivity index is 1.21. The molecule has 1 saturated heterocycles. The van der Waals surface area contributed by atoms with Gasteiger partial charge in [0.15, 0.2) is 6.61 Å². The van der Waals surface area contributed by atoms with Crippen LogP contribution in [-0.2, 0) is 24.2 Å². The summed E-state index contributed by atoms with van der Waals surface area (Å²) in [5.74, 6) is 0.562. The monoisotopic (exact) mass is 433 g/mol. The summed E-state index contributed by atoms with van der Waals surface area (Å²) in [6.07, 6.45) is 6.29. The van der Waals surface area contributed by atoms with Crippen molar-refractivity contribution in [3.8, 4) is 5.75 Å². The fourth-order valence-electron chi connectivity index (χ4n) is 4.75. The molecular weight excluding hydrogens is 406 g/mol. The zero-order valence-electron chi connectivity index (χ0n) is 18.3. The van der Waals surface area contributed by atoms with Crippen LogP contribution in [0.5, 0.6) is 5.75 Å². The number of ether oxygens (including phenoxy) is 1. The average molecular weight is 434 g/mol. The molecule has 0 radical (unpaired) electrons. The number of amides is 1.